The van der Waals surface area contributed by atoms with Gasteiger partial charge in [-0.2, -0.15) is 0 Å². The molecule has 1 fully saturated rings. The van der Waals surface area contributed by atoms with E-state index in [0.29, 0.717) is 5.54 Å². The third-order valence-corrected chi connectivity index (χ3v) is 4.11. The summed E-state index contributed by atoms with van der Waals surface area (Å²) in [4.78, 5) is 2.74. The fourth-order valence-electron chi connectivity index (χ4n) is 3.32. The highest BCUT2D eigenvalue weighted by Gasteiger charge is 2.35. The van der Waals surface area contributed by atoms with Gasteiger partial charge in [-0.15, -0.1) is 0 Å². The van der Waals surface area contributed by atoms with Crippen LogP contribution in [0.15, 0.2) is 0 Å². The van der Waals surface area contributed by atoms with Crippen molar-refractivity contribution in [2.24, 2.45) is 0 Å². The number of rotatable bonds is 8. The maximum atomic E-state index is 5.51. The van der Waals surface area contributed by atoms with Crippen LogP contribution in [0.2, 0.25) is 0 Å². The van der Waals surface area contributed by atoms with Gasteiger partial charge in [-0.05, 0) is 19.3 Å². The molecule has 2 heteroatoms. The highest BCUT2D eigenvalue weighted by molar-refractivity contribution is 4.91. The molecule has 1 aliphatic rings. The van der Waals surface area contributed by atoms with Crippen LogP contribution in [0.25, 0.3) is 0 Å². The first kappa shape index (κ1) is 15.0. The summed E-state index contributed by atoms with van der Waals surface area (Å²) in [5.41, 5.74) is 0.475. The van der Waals surface area contributed by atoms with E-state index >= 15 is 0 Å². The van der Waals surface area contributed by atoms with E-state index in [-0.39, 0.29) is 0 Å². The standard InChI is InChI=1S/C15H31NO/c1-4-7-10-15(8-5-2,9-6-3)16-11-13-17-14-12-16/h4-14H2,1-3H3. The van der Waals surface area contributed by atoms with Gasteiger partial charge in [0.15, 0.2) is 0 Å². The van der Waals surface area contributed by atoms with Crippen molar-refractivity contribution in [3.8, 4) is 0 Å². The minimum atomic E-state index is 0.475. The molecule has 1 aliphatic heterocycles. The topological polar surface area (TPSA) is 12.5 Å². The van der Waals surface area contributed by atoms with E-state index in [1.807, 2.05) is 0 Å². The zero-order valence-corrected chi connectivity index (χ0v) is 12.1. The van der Waals surface area contributed by atoms with Crippen LogP contribution >= 0.6 is 0 Å². The van der Waals surface area contributed by atoms with E-state index in [4.69, 9.17) is 4.74 Å². The Kier molecular flexibility index (Phi) is 7.14. The molecule has 0 amide bonds. The normalized spacial score (nSPS) is 18.5. The molecule has 0 radical (unpaired) electrons. The van der Waals surface area contributed by atoms with Crippen LogP contribution in [0.5, 0.6) is 0 Å². The number of hydrogen-bond donors (Lipinski definition) is 0. The summed E-state index contributed by atoms with van der Waals surface area (Å²) in [5.74, 6) is 0. The first-order valence-corrected chi connectivity index (χ1v) is 7.62. The molecule has 0 spiro atoms. The summed E-state index contributed by atoms with van der Waals surface area (Å²) >= 11 is 0. The van der Waals surface area contributed by atoms with Crippen LogP contribution in [-0.4, -0.2) is 36.7 Å². The number of unbranched alkanes of at least 4 members (excludes halogenated alkanes) is 1. The van der Waals surface area contributed by atoms with Gasteiger partial charge >= 0.3 is 0 Å². The van der Waals surface area contributed by atoms with Gasteiger partial charge in [0.25, 0.3) is 0 Å². The number of hydrogen-bond acceptors (Lipinski definition) is 2. The van der Waals surface area contributed by atoms with Crippen molar-refractivity contribution in [1.29, 1.82) is 0 Å². The van der Waals surface area contributed by atoms with Crippen molar-refractivity contribution in [2.45, 2.75) is 71.3 Å². The molecule has 17 heavy (non-hydrogen) atoms. The fraction of sp³-hybridized carbons (Fsp3) is 1.00. The molecule has 2 nitrogen and oxygen atoms in total. The van der Waals surface area contributed by atoms with Crippen molar-refractivity contribution in [3.05, 3.63) is 0 Å². The smallest absolute Gasteiger partial charge is 0.0594 e. The van der Waals surface area contributed by atoms with Gasteiger partial charge in [-0.25, -0.2) is 0 Å². The quantitative estimate of drug-likeness (QED) is 0.640. The summed E-state index contributed by atoms with van der Waals surface area (Å²) in [7, 11) is 0. The molecule has 0 aromatic heterocycles. The summed E-state index contributed by atoms with van der Waals surface area (Å²) in [6.45, 7) is 11.1. The van der Waals surface area contributed by atoms with Crippen molar-refractivity contribution < 1.29 is 4.74 Å². The maximum Gasteiger partial charge on any atom is 0.0594 e. The zero-order valence-electron chi connectivity index (χ0n) is 12.1. The van der Waals surface area contributed by atoms with Crippen LogP contribution in [0.1, 0.15) is 65.7 Å². The summed E-state index contributed by atoms with van der Waals surface area (Å²) in [6.07, 6.45) is 9.41. The molecular weight excluding hydrogens is 210 g/mol. The van der Waals surface area contributed by atoms with Gasteiger partial charge in [-0.3, -0.25) is 4.90 Å². The Morgan fingerprint density at radius 1 is 0.882 bits per heavy atom. The molecule has 0 N–H and O–H groups in total. The largest absolute Gasteiger partial charge is 0.379 e. The van der Waals surface area contributed by atoms with Gasteiger partial charge in [-0.1, -0.05) is 46.5 Å². The lowest BCUT2D eigenvalue weighted by Crippen LogP contribution is -2.53. The molecule has 1 heterocycles. The van der Waals surface area contributed by atoms with E-state index in [1.165, 1.54) is 44.9 Å². The molecule has 0 saturated carbocycles. The number of ether oxygens (including phenoxy) is 1. The Morgan fingerprint density at radius 3 is 1.94 bits per heavy atom. The monoisotopic (exact) mass is 241 g/mol. The molecular formula is C15H31NO. The highest BCUT2D eigenvalue weighted by Crippen LogP contribution is 2.33. The van der Waals surface area contributed by atoms with Crippen molar-refractivity contribution in [3.63, 3.8) is 0 Å². The van der Waals surface area contributed by atoms with E-state index < -0.39 is 0 Å². The Morgan fingerprint density at radius 2 is 1.47 bits per heavy atom. The molecule has 1 saturated heterocycles. The first-order chi connectivity index (χ1) is 8.29. The van der Waals surface area contributed by atoms with Crippen molar-refractivity contribution in [1.82, 2.24) is 4.90 Å². The lowest BCUT2D eigenvalue weighted by atomic mass is 9.81. The van der Waals surface area contributed by atoms with Gasteiger partial charge in [0.05, 0.1) is 13.2 Å². The number of nitrogens with zero attached hydrogens (tertiary/aromatic N) is 1. The van der Waals surface area contributed by atoms with Crippen LogP contribution < -0.4 is 0 Å². The van der Waals surface area contributed by atoms with Gasteiger partial charge in [0.2, 0.25) is 0 Å². The van der Waals surface area contributed by atoms with E-state index in [2.05, 4.69) is 25.7 Å². The summed E-state index contributed by atoms with van der Waals surface area (Å²) < 4.78 is 5.51. The van der Waals surface area contributed by atoms with E-state index in [0.717, 1.165) is 26.3 Å². The first-order valence-electron chi connectivity index (χ1n) is 7.62. The Labute approximate surface area is 108 Å². The van der Waals surface area contributed by atoms with Crippen LogP contribution in [-0.2, 0) is 4.74 Å². The third-order valence-electron chi connectivity index (χ3n) is 4.11. The van der Waals surface area contributed by atoms with Crippen molar-refractivity contribution >= 4 is 0 Å². The van der Waals surface area contributed by atoms with E-state index in [1.54, 1.807) is 0 Å². The predicted octanol–water partition coefficient (Wildman–Crippen LogP) is 3.85. The molecule has 0 atom stereocenters. The average molecular weight is 241 g/mol. The predicted molar refractivity (Wildman–Crippen MR) is 74.5 cm³/mol. The molecule has 0 aliphatic carbocycles. The van der Waals surface area contributed by atoms with Gasteiger partial charge in [0, 0.05) is 18.6 Å². The minimum absolute atomic E-state index is 0.475. The molecule has 0 aromatic rings. The summed E-state index contributed by atoms with van der Waals surface area (Å²) in [6, 6.07) is 0. The zero-order chi connectivity index (χ0) is 12.6. The molecule has 0 bridgehead atoms. The second-order valence-electron chi connectivity index (χ2n) is 5.43. The third kappa shape index (κ3) is 4.26. The fourth-order valence-corrected chi connectivity index (χ4v) is 3.32. The van der Waals surface area contributed by atoms with Gasteiger partial charge in [0.1, 0.15) is 0 Å². The van der Waals surface area contributed by atoms with Gasteiger partial charge < -0.3 is 4.74 Å². The second kappa shape index (κ2) is 8.10. The van der Waals surface area contributed by atoms with Crippen LogP contribution in [0.3, 0.4) is 0 Å². The summed E-state index contributed by atoms with van der Waals surface area (Å²) in [5, 5.41) is 0. The lowest BCUT2D eigenvalue weighted by Gasteiger charge is -2.46. The second-order valence-corrected chi connectivity index (χ2v) is 5.43. The Balaban J connectivity index is 2.70. The SMILES string of the molecule is CCCCC(CCC)(CCC)N1CCOCC1. The van der Waals surface area contributed by atoms with Crippen LogP contribution in [0, 0.1) is 0 Å². The number of morpholine rings is 1. The Hall–Kier alpha value is -0.0800. The van der Waals surface area contributed by atoms with E-state index in [9.17, 15) is 0 Å². The minimum Gasteiger partial charge on any atom is -0.379 e. The molecule has 0 unspecified atom stereocenters. The lowest BCUT2D eigenvalue weighted by molar-refractivity contribution is -0.0348. The maximum absolute atomic E-state index is 5.51. The highest BCUT2D eigenvalue weighted by atomic mass is 16.5. The Bertz CT molecular complexity index is 181. The van der Waals surface area contributed by atoms with Crippen molar-refractivity contribution in [2.75, 3.05) is 26.3 Å². The molecule has 1 rings (SSSR count). The van der Waals surface area contributed by atoms with Crippen LogP contribution in [0.4, 0.5) is 0 Å². The molecule has 102 valence electrons. The molecule has 0 aromatic carbocycles. The average Bonchev–Trinajstić information content (AvgIpc) is 2.37.